The lowest BCUT2D eigenvalue weighted by Crippen LogP contribution is -2.45. The number of anilines is 6. The molecule has 0 aliphatic carbocycles. The molecular formula is C29H32F3N7O3. The Morgan fingerprint density at radius 2 is 1.83 bits per heavy atom. The van der Waals surface area contributed by atoms with Crippen molar-refractivity contribution in [2.45, 2.75) is 32.0 Å². The van der Waals surface area contributed by atoms with E-state index in [-0.39, 0.29) is 23.6 Å². The van der Waals surface area contributed by atoms with Gasteiger partial charge in [0.15, 0.2) is 0 Å². The van der Waals surface area contributed by atoms with Crippen LogP contribution in [-0.4, -0.2) is 60.0 Å². The van der Waals surface area contributed by atoms with Crippen molar-refractivity contribution in [1.82, 2.24) is 14.9 Å². The summed E-state index contributed by atoms with van der Waals surface area (Å²) in [5.41, 5.74) is 0.959. The lowest BCUT2D eigenvalue weighted by Gasteiger charge is -2.37. The second-order valence-electron chi connectivity index (χ2n) is 9.71. The summed E-state index contributed by atoms with van der Waals surface area (Å²) in [6, 6.07) is 11.8. The van der Waals surface area contributed by atoms with Gasteiger partial charge in [0.25, 0.3) is 0 Å². The highest BCUT2D eigenvalue weighted by Crippen LogP contribution is 2.37. The van der Waals surface area contributed by atoms with Crippen molar-refractivity contribution in [3.05, 3.63) is 66.9 Å². The number of amides is 2. The molecule has 3 aromatic rings. The number of alkyl halides is 3. The van der Waals surface area contributed by atoms with E-state index in [9.17, 15) is 22.8 Å². The van der Waals surface area contributed by atoms with Crippen LogP contribution < -0.4 is 25.6 Å². The van der Waals surface area contributed by atoms with E-state index in [1.165, 1.54) is 13.2 Å². The van der Waals surface area contributed by atoms with Crippen molar-refractivity contribution in [2.75, 3.05) is 48.1 Å². The summed E-state index contributed by atoms with van der Waals surface area (Å²) < 4.78 is 47.0. The van der Waals surface area contributed by atoms with E-state index in [4.69, 9.17) is 4.74 Å². The summed E-state index contributed by atoms with van der Waals surface area (Å²) in [4.78, 5) is 35.3. The van der Waals surface area contributed by atoms with E-state index in [0.717, 1.165) is 37.7 Å². The van der Waals surface area contributed by atoms with Crippen LogP contribution in [0.3, 0.4) is 0 Å². The van der Waals surface area contributed by atoms with Crippen LogP contribution in [0.4, 0.5) is 47.7 Å². The Kier molecular flexibility index (Phi) is 9.18. The third-order valence-corrected chi connectivity index (χ3v) is 6.98. The Hall–Kier alpha value is -4.81. The third kappa shape index (κ3) is 7.28. The quantitative estimate of drug-likeness (QED) is 0.281. The number of carbonyl (C=O) groups excluding carboxylic acids is 2. The maximum absolute atomic E-state index is 13.8. The average Bonchev–Trinajstić information content (AvgIpc) is 2.96. The Labute approximate surface area is 241 Å². The highest BCUT2D eigenvalue weighted by atomic mass is 19.4. The second kappa shape index (κ2) is 12.8. The normalized spacial score (nSPS) is 13.7. The van der Waals surface area contributed by atoms with E-state index in [1.54, 1.807) is 36.1 Å². The van der Waals surface area contributed by atoms with Crippen LogP contribution in [0.5, 0.6) is 5.75 Å². The summed E-state index contributed by atoms with van der Waals surface area (Å²) >= 11 is 0. The van der Waals surface area contributed by atoms with E-state index < -0.39 is 23.5 Å². The first kappa shape index (κ1) is 30.2. The monoisotopic (exact) mass is 583 g/mol. The zero-order valence-corrected chi connectivity index (χ0v) is 23.5. The summed E-state index contributed by atoms with van der Waals surface area (Å²) in [5.74, 6) is -0.511. The molecule has 0 radical (unpaired) electrons. The summed E-state index contributed by atoms with van der Waals surface area (Å²) in [5, 5.41) is 8.20. The SMILES string of the molecule is C=CC(=O)Nc1cccc(Nc2nc(Nc3ccc(N4CCC(N(C)C(C)=O)CC4)cc3OC)ncc2C(F)(F)F)c1. The number of rotatable bonds is 9. The van der Waals surface area contributed by atoms with Crippen LogP contribution in [0.25, 0.3) is 0 Å². The van der Waals surface area contributed by atoms with Gasteiger partial charge in [0.05, 0.1) is 12.8 Å². The van der Waals surface area contributed by atoms with Crippen LogP contribution in [0.15, 0.2) is 61.3 Å². The van der Waals surface area contributed by atoms with Gasteiger partial charge < -0.3 is 30.5 Å². The highest BCUT2D eigenvalue weighted by Gasteiger charge is 2.35. The molecule has 2 aromatic carbocycles. The fourth-order valence-corrected chi connectivity index (χ4v) is 4.62. The Bertz CT molecular complexity index is 1460. The molecule has 1 fully saturated rings. The Morgan fingerprint density at radius 1 is 1.12 bits per heavy atom. The van der Waals surface area contributed by atoms with Gasteiger partial charge in [-0.25, -0.2) is 4.98 Å². The minimum absolute atomic E-state index is 0.0416. The number of nitrogens with zero attached hydrogens (tertiary/aromatic N) is 4. The predicted molar refractivity (Wildman–Crippen MR) is 156 cm³/mol. The summed E-state index contributed by atoms with van der Waals surface area (Å²) in [6.45, 7) is 6.46. The predicted octanol–water partition coefficient (Wildman–Crippen LogP) is 5.56. The van der Waals surface area contributed by atoms with Gasteiger partial charge in [0.1, 0.15) is 17.1 Å². The zero-order chi connectivity index (χ0) is 30.4. The molecule has 0 spiro atoms. The molecule has 42 heavy (non-hydrogen) atoms. The average molecular weight is 584 g/mol. The van der Waals surface area contributed by atoms with Crippen LogP contribution in [0, 0.1) is 0 Å². The number of carbonyl (C=O) groups is 2. The Balaban J connectivity index is 1.54. The van der Waals surface area contributed by atoms with Gasteiger partial charge >= 0.3 is 6.18 Å². The number of aromatic nitrogens is 2. The van der Waals surface area contributed by atoms with Crippen molar-refractivity contribution in [2.24, 2.45) is 0 Å². The summed E-state index contributed by atoms with van der Waals surface area (Å²) in [6.07, 6.45) is -1.28. The fourth-order valence-electron chi connectivity index (χ4n) is 4.62. The Morgan fingerprint density at radius 3 is 2.48 bits per heavy atom. The molecule has 2 amide bonds. The van der Waals surface area contributed by atoms with Gasteiger partial charge in [0, 0.05) is 62.4 Å². The van der Waals surface area contributed by atoms with Crippen molar-refractivity contribution in [3.8, 4) is 5.75 Å². The van der Waals surface area contributed by atoms with Gasteiger partial charge in [0.2, 0.25) is 17.8 Å². The number of nitrogens with one attached hydrogen (secondary N) is 3. The molecule has 1 aromatic heterocycles. The molecule has 0 unspecified atom stereocenters. The first-order valence-corrected chi connectivity index (χ1v) is 13.2. The molecule has 1 aliphatic rings. The standard InChI is InChI=1S/C29H32F3N7O3/c1-5-26(41)34-19-7-6-8-20(15-19)35-27-23(29(30,31)32)17-33-28(37-27)36-24-10-9-22(16-25(24)42-4)39-13-11-21(12-14-39)38(3)18(2)40/h5-10,15-17,21H,1,11-14H2,2-4H3,(H,34,41)(H2,33,35,36,37). The number of methoxy groups -OCH3 is 1. The molecular weight excluding hydrogens is 551 g/mol. The van der Waals surface area contributed by atoms with Crippen LogP contribution in [-0.2, 0) is 15.8 Å². The molecule has 10 nitrogen and oxygen atoms in total. The first-order valence-electron chi connectivity index (χ1n) is 13.2. The van der Waals surface area contributed by atoms with E-state index >= 15 is 0 Å². The number of ether oxygens (including phenoxy) is 1. The fraction of sp³-hybridized carbons (Fsp3) is 0.310. The minimum atomic E-state index is -4.72. The molecule has 222 valence electrons. The maximum Gasteiger partial charge on any atom is 0.421 e. The van der Waals surface area contributed by atoms with Crippen molar-refractivity contribution < 1.29 is 27.5 Å². The molecule has 13 heteroatoms. The van der Waals surface area contributed by atoms with Gasteiger partial charge in [-0.1, -0.05) is 12.6 Å². The van der Waals surface area contributed by atoms with Crippen LogP contribution in [0.1, 0.15) is 25.3 Å². The number of hydrogen-bond acceptors (Lipinski definition) is 8. The zero-order valence-electron chi connectivity index (χ0n) is 23.5. The minimum Gasteiger partial charge on any atom is -0.494 e. The van der Waals surface area contributed by atoms with E-state index in [0.29, 0.717) is 23.3 Å². The molecule has 0 atom stereocenters. The van der Waals surface area contributed by atoms with Gasteiger partial charge in [-0.2, -0.15) is 18.2 Å². The lowest BCUT2D eigenvalue weighted by atomic mass is 10.0. The van der Waals surface area contributed by atoms with E-state index in [1.807, 2.05) is 19.2 Å². The molecule has 2 heterocycles. The van der Waals surface area contributed by atoms with Gasteiger partial charge in [-0.05, 0) is 49.2 Å². The number of piperidine rings is 1. The first-order chi connectivity index (χ1) is 20.0. The van der Waals surface area contributed by atoms with Crippen molar-refractivity contribution in [3.63, 3.8) is 0 Å². The summed E-state index contributed by atoms with van der Waals surface area (Å²) in [7, 11) is 3.31. The number of benzene rings is 2. The molecule has 1 aliphatic heterocycles. The van der Waals surface area contributed by atoms with Crippen molar-refractivity contribution in [1.29, 1.82) is 0 Å². The van der Waals surface area contributed by atoms with Crippen LogP contribution >= 0.6 is 0 Å². The van der Waals surface area contributed by atoms with Gasteiger partial charge in [-0.15, -0.1) is 0 Å². The number of halogens is 3. The topological polar surface area (TPSA) is 112 Å². The van der Waals surface area contributed by atoms with E-state index in [2.05, 4.69) is 37.4 Å². The smallest absolute Gasteiger partial charge is 0.421 e. The molecule has 3 N–H and O–H groups in total. The largest absolute Gasteiger partial charge is 0.494 e. The second-order valence-corrected chi connectivity index (χ2v) is 9.71. The highest BCUT2D eigenvalue weighted by molar-refractivity contribution is 5.99. The molecule has 4 rings (SSSR count). The molecule has 0 bridgehead atoms. The van der Waals surface area contributed by atoms with Crippen molar-refractivity contribution >= 4 is 46.3 Å². The number of hydrogen-bond donors (Lipinski definition) is 3. The molecule has 1 saturated heterocycles. The van der Waals surface area contributed by atoms with Crippen LogP contribution in [0.2, 0.25) is 0 Å². The molecule has 0 saturated carbocycles. The maximum atomic E-state index is 13.8. The third-order valence-electron chi connectivity index (χ3n) is 6.98. The lowest BCUT2D eigenvalue weighted by molar-refractivity contribution is -0.137. The van der Waals surface area contributed by atoms with Gasteiger partial charge in [-0.3, -0.25) is 9.59 Å².